The molecule has 1 aromatic rings. The summed E-state index contributed by atoms with van der Waals surface area (Å²) in [6.07, 6.45) is 9.20. The van der Waals surface area contributed by atoms with Gasteiger partial charge in [0, 0.05) is 19.0 Å². The zero-order chi connectivity index (χ0) is 14.1. The minimum atomic E-state index is -1.01. The van der Waals surface area contributed by atoms with E-state index in [1.165, 1.54) is 18.3 Å². The van der Waals surface area contributed by atoms with Crippen molar-refractivity contribution >= 4 is 11.9 Å². The van der Waals surface area contributed by atoms with Crippen molar-refractivity contribution in [1.29, 1.82) is 0 Å². The number of carbonyl (C=O) groups is 2. The Balaban J connectivity index is 2.36. The molecule has 0 fully saturated rings. The van der Waals surface area contributed by atoms with E-state index in [1.807, 2.05) is 0 Å². The molecule has 1 heterocycles. The fourth-order valence-electron chi connectivity index (χ4n) is 1.50. The van der Waals surface area contributed by atoms with E-state index in [9.17, 15) is 9.59 Å². The molecular formula is C14H16N2O3. The number of carboxylic acid groups (broad SMARTS) is 1. The van der Waals surface area contributed by atoms with Crippen molar-refractivity contribution in [3.05, 3.63) is 29.6 Å². The lowest BCUT2D eigenvalue weighted by Gasteiger charge is -2.05. The van der Waals surface area contributed by atoms with Gasteiger partial charge < -0.3 is 10.4 Å². The van der Waals surface area contributed by atoms with Crippen LogP contribution >= 0.6 is 0 Å². The average molecular weight is 260 g/mol. The van der Waals surface area contributed by atoms with Crippen LogP contribution in [0.4, 0.5) is 0 Å². The number of nitrogens with zero attached hydrogens (tertiary/aromatic N) is 1. The molecule has 19 heavy (non-hydrogen) atoms. The molecule has 0 atom stereocenters. The zero-order valence-electron chi connectivity index (χ0n) is 10.6. The van der Waals surface area contributed by atoms with Gasteiger partial charge in [-0.2, -0.15) is 0 Å². The Kier molecular flexibility index (Phi) is 6.10. The Morgan fingerprint density at radius 1 is 1.42 bits per heavy atom. The van der Waals surface area contributed by atoms with Crippen LogP contribution in [0.5, 0.6) is 0 Å². The molecule has 0 aliphatic rings. The van der Waals surface area contributed by atoms with Crippen LogP contribution in [0.15, 0.2) is 18.3 Å². The van der Waals surface area contributed by atoms with Gasteiger partial charge in [-0.15, -0.1) is 12.3 Å². The average Bonchev–Trinajstić information content (AvgIpc) is 2.41. The van der Waals surface area contributed by atoms with Gasteiger partial charge in [0.05, 0.1) is 17.8 Å². The standard InChI is InChI=1S/C14H16N2O3/c1-2-3-4-5-6-13(17)16-10-12-9-11(14(18)19)7-8-15-12/h1,7-9H,3-6,10H2,(H,16,17)(H,18,19). The highest BCUT2D eigenvalue weighted by Gasteiger charge is 2.05. The van der Waals surface area contributed by atoms with E-state index in [0.717, 1.165) is 12.8 Å². The summed E-state index contributed by atoms with van der Waals surface area (Å²) in [4.78, 5) is 26.3. The molecule has 0 bridgehead atoms. The smallest absolute Gasteiger partial charge is 0.335 e. The van der Waals surface area contributed by atoms with E-state index >= 15 is 0 Å². The summed E-state index contributed by atoms with van der Waals surface area (Å²) in [5.74, 6) is 1.43. The number of unbranched alkanes of at least 4 members (excludes halogenated alkanes) is 2. The van der Waals surface area contributed by atoms with Gasteiger partial charge in [0.2, 0.25) is 5.91 Å². The van der Waals surface area contributed by atoms with Gasteiger partial charge in [-0.1, -0.05) is 0 Å². The lowest BCUT2D eigenvalue weighted by Crippen LogP contribution is -2.23. The number of hydrogen-bond donors (Lipinski definition) is 2. The Morgan fingerprint density at radius 3 is 2.89 bits per heavy atom. The number of terminal acetylenes is 1. The third-order valence-corrected chi connectivity index (χ3v) is 2.51. The molecule has 1 rings (SSSR count). The molecule has 0 saturated heterocycles. The fraction of sp³-hybridized carbons (Fsp3) is 0.357. The Morgan fingerprint density at radius 2 is 2.21 bits per heavy atom. The largest absolute Gasteiger partial charge is 0.478 e. The molecule has 1 amide bonds. The van der Waals surface area contributed by atoms with Crippen molar-refractivity contribution in [2.24, 2.45) is 0 Å². The Bertz CT molecular complexity index is 492. The predicted octanol–water partition coefficient (Wildman–Crippen LogP) is 1.59. The van der Waals surface area contributed by atoms with Crippen LogP contribution in [0.2, 0.25) is 0 Å². The normalized spacial score (nSPS) is 9.63. The molecule has 0 aliphatic carbocycles. The minimum Gasteiger partial charge on any atom is -0.478 e. The van der Waals surface area contributed by atoms with Crippen LogP contribution in [0, 0.1) is 12.3 Å². The lowest BCUT2D eigenvalue weighted by atomic mass is 10.2. The highest BCUT2D eigenvalue weighted by molar-refractivity contribution is 5.87. The third-order valence-electron chi connectivity index (χ3n) is 2.51. The van der Waals surface area contributed by atoms with Crippen LogP contribution in [0.1, 0.15) is 41.7 Å². The highest BCUT2D eigenvalue weighted by atomic mass is 16.4. The third kappa shape index (κ3) is 5.68. The van der Waals surface area contributed by atoms with Gasteiger partial charge in [0.1, 0.15) is 0 Å². The number of carbonyl (C=O) groups excluding carboxylic acids is 1. The molecule has 0 spiro atoms. The van der Waals surface area contributed by atoms with Crippen LogP contribution in [0.3, 0.4) is 0 Å². The second kappa shape index (κ2) is 7.88. The number of pyridine rings is 1. The predicted molar refractivity (Wildman–Crippen MR) is 70.3 cm³/mol. The van der Waals surface area contributed by atoms with Crippen molar-refractivity contribution in [2.75, 3.05) is 0 Å². The fourth-order valence-corrected chi connectivity index (χ4v) is 1.50. The summed E-state index contributed by atoms with van der Waals surface area (Å²) < 4.78 is 0. The topological polar surface area (TPSA) is 79.3 Å². The zero-order valence-corrected chi connectivity index (χ0v) is 10.6. The first-order valence-corrected chi connectivity index (χ1v) is 6.02. The number of nitrogens with one attached hydrogen (secondary N) is 1. The van der Waals surface area contributed by atoms with Crippen LogP contribution in [-0.4, -0.2) is 22.0 Å². The highest BCUT2D eigenvalue weighted by Crippen LogP contribution is 2.03. The molecule has 100 valence electrons. The second-order valence-electron chi connectivity index (χ2n) is 4.03. The van der Waals surface area contributed by atoms with E-state index in [-0.39, 0.29) is 18.0 Å². The Hall–Kier alpha value is -2.35. The molecule has 2 N–H and O–H groups in total. The Labute approximate surface area is 112 Å². The van der Waals surface area contributed by atoms with Crippen molar-refractivity contribution in [1.82, 2.24) is 10.3 Å². The molecule has 0 radical (unpaired) electrons. The van der Waals surface area contributed by atoms with Crippen molar-refractivity contribution < 1.29 is 14.7 Å². The van der Waals surface area contributed by atoms with Gasteiger partial charge >= 0.3 is 5.97 Å². The SMILES string of the molecule is C#CCCCCC(=O)NCc1cc(C(=O)O)ccn1. The summed E-state index contributed by atoms with van der Waals surface area (Å²) in [6.45, 7) is 0.231. The summed E-state index contributed by atoms with van der Waals surface area (Å²) >= 11 is 0. The molecule has 0 aliphatic heterocycles. The quantitative estimate of drug-likeness (QED) is 0.576. The second-order valence-corrected chi connectivity index (χ2v) is 4.03. The first-order chi connectivity index (χ1) is 9.13. The molecule has 0 saturated carbocycles. The van der Waals surface area contributed by atoms with Crippen molar-refractivity contribution in [3.8, 4) is 12.3 Å². The molecular weight excluding hydrogens is 244 g/mol. The summed E-state index contributed by atoms with van der Waals surface area (Å²) in [5.41, 5.74) is 0.685. The van der Waals surface area contributed by atoms with E-state index < -0.39 is 5.97 Å². The van der Waals surface area contributed by atoms with Crippen LogP contribution in [-0.2, 0) is 11.3 Å². The molecule has 0 unspecified atom stereocenters. The summed E-state index contributed by atoms with van der Waals surface area (Å²) in [6, 6.07) is 2.86. The van der Waals surface area contributed by atoms with E-state index in [0.29, 0.717) is 18.5 Å². The maximum atomic E-state index is 11.5. The van der Waals surface area contributed by atoms with E-state index in [2.05, 4.69) is 16.2 Å². The van der Waals surface area contributed by atoms with Gasteiger partial charge in [-0.25, -0.2) is 4.79 Å². The number of amides is 1. The van der Waals surface area contributed by atoms with Gasteiger partial charge in [-0.05, 0) is 25.0 Å². The maximum Gasteiger partial charge on any atom is 0.335 e. The summed E-state index contributed by atoms with van der Waals surface area (Å²) in [7, 11) is 0. The number of aromatic carboxylic acids is 1. The van der Waals surface area contributed by atoms with E-state index in [1.54, 1.807) is 0 Å². The molecule has 5 heteroatoms. The van der Waals surface area contributed by atoms with Crippen molar-refractivity contribution in [3.63, 3.8) is 0 Å². The molecule has 1 aromatic heterocycles. The van der Waals surface area contributed by atoms with E-state index in [4.69, 9.17) is 11.5 Å². The first kappa shape index (κ1) is 14.7. The van der Waals surface area contributed by atoms with Crippen LogP contribution in [0.25, 0.3) is 0 Å². The first-order valence-electron chi connectivity index (χ1n) is 6.02. The van der Waals surface area contributed by atoms with Crippen molar-refractivity contribution in [2.45, 2.75) is 32.2 Å². The molecule has 5 nitrogen and oxygen atoms in total. The molecule has 0 aromatic carbocycles. The van der Waals surface area contributed by atoms with Gasteiger partial charge in [-0.3, -0.25) is 9.78 Å². The number of hydrogen-bond acceptors (Lipinski definition) is 3. The number of carboxylic acids is 1. The maximum absolute atomic E-state index is 11.5. The summed E-state index contributed by atoms with van der Waals surface area (Å²) in [5, 5.41) is 11.5. The minimum absolute atomic E-state index is 0.0838. The van der Waals surface area contributed by atoms with Gasteiger partial charge in [0.25, 0.3) is 0 Å². The van der Waals surface area contributed by atoms with Gasteiger partial charge in [0.15, 0.2) is 0 Å². The number of rotatable bonds is 7. The monoisotopic (exact) mass is 260 g/mol. The van der Waals surface area contributed by atoms with Crippen LogP contribution < -0.4 is 5.32 Å². The lowest BCUT2D eigenvalue weighted by molar-refractivity contribution is -0.121. The number of aromatic nitrogens is 1.